The number of carbonyl (C=O) groups excluding carboxylic acids is 2. The highest BCUT2D eigenvalue weighted by Gasteiger charge is 2.15. The summed E-state index contributed by atoms with van der Waals surface area (Å²) in [6, 6.07) is 6.37. The van der Waals surface area contributed by atoms with Crippen LogP contribution in [-0.4, -0.2) is 34.4 Å². The van der Waals surface area contributed by atoms with Gasteiger partial charge in [0, 0.05) is 30.1 Å². The van der Waals surface area contributed by atoms with E-state index in [1.165, 1.54) is 0 Å². The maximum Gasteiger partial charge on any atom is 0.251 e. The molecule has 2 rings (SSSR count). The van der Waals surface area contributed by atoms with Gasteiger partial charge < -0.3 is 16.4 Å². The lowest BCUT2D eigenvalue weighted by Crippen LogP contribution is -2.44. The van der Waals surface area contributed by atoms with E-state index in [1.807, 2.05) is 6.92 Å². The van der Waals surface area contributed by atoms with E-state index in [4.69, 9.17) is 5.73 Å². The first-order valence-electron chi connectivity index (χ1n) is 7.27. The third-order valence-corrected chi connectivity index (χ3v) is 3.24. The second kappa shape index (κ2) is 7.35. The van der Waals surface area contributed by atoms with Gasteiger partial charge >= 0.3 is 0 Å². The molecule has 2 amide bonds. The molecule has 7 heteroatoms. The van der Waals surface area contributed by atoms with Crippen LogP contribution < -0.4 is 16.4 Å². The second-order valence-corrected chi connectivity index (χ2v) is 5.00. The van der Waals surface area contributed by atoms with Gasteiger partial charge in [0.15, 0.2) is 0 Å². The average molecular weight is 313 g/mol. The van der Waals surface area contributed by atoms with Gasteiger partial charge in [-0.15, -0.1) is 0 Å². The van der Waals surface area contributed by atoms with Crippen molar-refractivity contribution in [1.82, 2.24) is 20.6 Å². The van der Waals surface area contributed by atoms with Crippen molar-refractivity contribution in [3.63, 3.8) is 0 Å². The van der Waals surface area contributed by atoms with Crippen molar-refractivity contribution in [3.05, 3.63) is 42.2 Å². The molecule has 0 spiro atoms. The number of hydrogen-bond acceptors (Lipinski definition) is 5. The molecule has 0 saturated heterocycles. The number of likely N-dealkylation sites (N-methyl/N-ethyl adjacent to an activating group) is 1. The van der Waals surface area contributed by atoms with Gasteiger partial charge in [-0.1, -0.05) is 12.1 Å². The first-order valence-corrected chi connectivity index (χ1v) is 7.27. The Morgan fingerprint density at radius 3 is 2.30 bits per heavy atom. The summed E-state index contributed by atoms with van der Waals surface area (Å²) in [5.41, 5.74) is 7.61. The lowest BCUT2D eigenvalue weighted by Gasteiger charge is -2.13. The monoisotopic (exact) mass is 313 g/mol. The maximum atomic E-state index is 12.1. The van der Waals surface area contributed by atoms with Crippen LogP contribution in [0.5, 0.6) is 0 Å². The number of benzene rings is 1. The van der Waals surface area contributed by atoms with Crippen LogP contribution in [0.1, 0.15) is 24.2 Å². The number of aromatic nitrogens is 2. The van der Waals surface area contributed by atoms with Gasteiger partial charge in [-0.25, -0.2) is 9.97 Å². The summed E-state index contributed by atoms with van der Waals surface area (Å²) in [5.74, 6) is -0.301. The molecule has 0 aliphatic rings. The molecule has 0 fully saturated rings. The third kappa shape index (κ3) is 4.26. The van der Waals surface area contributed by atoms with Crippen molar-refractivity contribution in [1.29, 1.82) is 0 Å². The standard InChI is InChI=1S/C16H19N5O2/c1-3-18-14(22)10(2)21-15(23)12-6-4-11(5-7-12)13-8-19-16(17)20-9-13/h4-10H,3H2,1-2H3,(H,18,22)(H,21,23)(H2,17,19,20). The Labute approximate surface area is 134 Å². The lowest BCUT2D eigenvalue weighted by atomic mass is 10.1. The quantitative estimate of drug-likeness (QED) is 0.762. The van der Waals surface area contributed by atoms with Crippen LogP contribution in [0.25, 0.3) is 11.1 Å². The van der Waals surface area contributed by atoms with Crippen LogP contribution in [-0.2, 0) is 4.79 Å². The van der Waals surface area contributed by atoms with Crippen LogP contribution in [0.4, 0.5) is 5.95 Å². The number of rotatable bonds is 5. The zero-order valence-corrected chi connectivity index (χ0v) is 13.0. The Balaban J connectivity index is 2.05. The van der Waals surface area contributed by atoms with Gasteiger partial charge in [-0.3, -0.25) is 9.59 Å². The predicted molar refractivity (Wildman–Crippen MR) is 87.5 cm³/mol. The number of nitrogens with zero attached hydrogens (tertiary/aromatic N) is 2. The number of hydrogen-bond donors (Lipinski definition) is 3. The molecule has 120 valence electrons. The van der Waals surface area contributed by atoms with E-state index in [-0.39, 0.29) is 17.8 Å². The van der Waals surface area contributed by atoms with E-state index in [9.17, 15) is 9.59 Å². The van der Waals surface area contributed by atoms with Crippen molar-refractivity contribution in [2.45, 2.75) is 19.9 Å². The second-order valence-electron chi connectivity index (χ2n) is 5.00. The van der Waals surface area contributed by atoms with Crippen LogP contribution in [0, 0.1) is 0 Å². The Kier molecular flexibility index (Phi) is 5.24. The lowest BCUT2D eigenvalue weighted by molar-refractivity contribution is -0.122. The number of anilines is 1. The fraction of sp³-hybridized carbons (Fsp3) is 0.250. The average Bonchev–Trinajstić information content (AvgIpc) is 2.56. The topological polar surface area (TPSA) is 110 Å². The summed E-state index contributed by atoms with van der Waals surface area (Å²) in [6.07, 6.45) is 3.24. The molecule has 2 aromatic rings. The highest BCUT2D eigenvalue weighted by atomic mass is 16.2. The minimum Gasteiger partial charge on any atom is -0.368 e. The molecular formula is C16H19N5O2. The van der Waals surface area contributed by atoms with Crippen molar-refractivity contribution in [3.8, 4) is 11.1 Å². The largest absolute Gasteiger partial charge is 0.368 e. The molecule has 1 heterocycles. The molecule has 0 saturated carbocycles. The van der Waals surface area contributed by atoms with Gasteiger partial charge in [-0.2, -0.15) is 0 Å². The number of nitrogen functional groups attached to an aromatic ring is 1. The molecule has 1 aromatic carbocycles. The fourth-order valence-electron chi connectivity index (χ4n) is 1.97. The third-order valence-electron chi connectivity index (χ3n) is 3.24. The van der Waals surface area contributed by atoms with E-state index in [1.54, 1.807) is 43.6 Å². The molecule has 1 atom stereocenters. The smallest absolute Gasteiger partial charge is 0.251 e. The number of nitrogens with one attached hydrogen (secondary N) is 2. The molecule has 0 aliphatic carbocycles. The van der Waals surface area contributed by atoms with E-state index >= 15 is 0 Å². The van der Waals surface area contributed by atoms with Crippen LogP contribution in [0.2, 0.25) is 0 Å². The Bertz CT molecular complexity index is 683. The zero-order chi connectivity index (χ0) is 16.8. The summed E-state index contributed by atoms with van der Waals surface area (Å²) in [4.78, 5) is 31.6. The summed E-state index contributed by atoms with van der Waals surface area (Å²) in [5, 5.41) is 5.31. The summed E-state index contributed by atoms with van der Waals surface area (Å²) in [7, 11) is 0. The Hall–Kier alpha value is -2.96. The number of amides is 2. The molecular weight excluding hydrogens is 294 g/mol. The van der Waals surface area contributed by atoms with Crippen LogP contribution in [0.3, 0.4) is 0 Å². The molecule has 0 aliphatic heterocycles. The van der Waals surface area contributed by atoms with E-state index in [0.717, 1.165) is 11.1 Å². The highest BCUT2D eigenvalue weighted by molar-refractivity contribution is 5.97. The predicted octanol–water partition coefficient (Wildman–Crippen LogP) is 0.980. The van der Waals surface area contributed by atoms with Crippen molar-refractivity contribution in [2.24, 2.45) is 0 Å². The van der Waals surface area contributed by atoms with Crippen LogP contribution >= 0.6 is 0 Å². The van der Waals surface area contributed by atoms with E-state index in [0.29, 0.717) is 12.1 Å². The summed E-state index contributed by atoms with van der Waals surface area (Å²) in [6.45, 7) is 3.99. The van der Waals surface area contributed by atoms with Crippen molar-refractivity contribution in [2.75, 3.05) is 12.3 Å². The van der Waals surface area contributed by atoms with E-state index in [2.05, 4.69) is 20.6 Å². The van der Waals surface area contributed by atoms with Crippen molar-refractivity contribution < 1.29 is 9.59 Å². The SMILES string of the molecule is CCNC(=O)C(C)NC(=O)c1ccc(-c2cnc(N)nc2)cc1. The summed E-state index contributed by atoms with van der Waals surface area (Å²) >= 11 is 0. The summed E-state index contributed by atoms with van der Waals surface area (Å²) < 4.78 is 0. The fourth-order valence-corrected chi connectivity index (χ4v) is 1.97. The van der Waals surface area contributed by atoms with Crippen molar-refractivity contribution >= 4 is 17.8 Å². The Morgan fingerprint density at radius 1 is 1.13 bits per heavy atom. The maximum absolute atomic E-state index is 12.1. The van der Waals surface area contributed by atoms with Gasteiger partial charge in [0.1, 0.15) is 6.04 Å². The number of nitrogens with two attached hydrogens (primary N) is 1. The minimum atomic E-state index is -0.590. The van der Waals surface area contributed by atoms with Gasteiger partial charge in [0.25, 0.3) is 5.91 Å². The minimum absolute atomic E-state index is 0.212. The van der Waals surface area contributed by atoms with Gasteiger partial charge in [0.05, 0.1) is 0 Å². The highest BCUT2D eigenvalue weighted by Crippen LogP contribution is 2.18. The van der Waals surface area contributed by atoms with E-state index < -0.39 is 6.04 Å². The molecule has 4 N–H and O–H groups in total. The number of carbonyl (C=O) groups is 2. The molecule has 1 unspecified atom stereocenters. The molecule has 23 heavy (non-hydrogen) atoms. The molecule has 1 aromatic heterocycles. The molecule has 0 bridgehead atoms. The normalized spacial score (nSPS) is 11.6. The first-order chi connectivity index (χ1) is 11.0. The zero-order valence-electron chi connectivity index (χ0n) is 13.0. The Morgan fingerprint density at radius 2 is 1.74 bits per heavy atom. The molecule has 0 radical (unpaired) electrons. The van der Waals surface area contributed by atoms with Crippen LogP contribution in [0.15, 0.2) is 36.7 Å². The van der Waals surface area contributed by atoms with Gasteiger partial charge in [-0.05, 0) is 31.5 Å². The first kappa shape index (κ1) is 16.4. The van der Waals surface area contributed by atoms with Gasteiger partial charge in [0.2, 0.25) is 11.9 Å². The molecule has 7 nitrogen and oxygen atoms in total.